The van der Waals surface area contributed by atoms with Gasteiger partial charge in [0.2, 0.25) is 35.3 Å². The van der Waals surface area contributed by atoms with Gasteiger partial charge in [-0.25, -0.2) is 47.9 Å². The van der Waals surface area contributed by atoms with E-state index in [1.807, 2.05) is 43.3 Å². The molecule has 6 amide bonds. The molecular formula is C112H122F3N13O12. The molecule has 25 nitrogen and oxygen atoms in total. The maximum absolute atomic E-state index is 13.5. The van der Waals surface area contributed by atoms with E-state index >= 15 is 0 Å². The lowest BCUT2D eigenvalue weighted by Gasteiger charge is -2.26. The second-order valence-electron chi connectivity index (χ2n) is 35.9. The van der Waals surface area contributed by atoms with E-state index in [1.165, 1.54) is 144 Å². The molecule has 6 saturated carbocycles. The average molecular weight is 1900 g/mol. The van der Waals surface area contributed by atoms with Gasteiger partial charge in [-0.2, -0.15) is 0 Å². The van der Waals surface area contributed by atoms with Gasteiger partial charge in [0.15, 0.2) is 5.69 Å². The van der Waals surface area contributed by atoms with Crippen LogP contribution < -0.4 is 60.3 Å². The number of hydrogen-bond donors (Lipinski definition) is 6. The molecule has 6 heterocycles. The fourth-order valence-corrected chi connectivity index (χ4v) is 15.9. The van der Waals surface area contributed by atoms with Crippen molar-refractivity contribution in [2.24, 2.45) is 5.92 Å². The van der Waals surface area contributed by atoms with Gasteiger partial charge in [0.25, 0.3) is 35.4 Å². The predicted molar refractivity (Wildman–Crippen MR) is 529 cm³/mol. The van der Waals surface area contributed by atoms with Crippen molar-refractivity contribution in [1.29, 1.82) is 0 Å². The third-order valence-corrected chi connectivity index (χ3v) is 24.6. The zero-order valence-electron chi connectivity index (χ0n) is 79.5. The van der Waals surface area contributed by atoms with Crippen molar-refractivity contribution in [3.63, 3.8) is 0 Å². The summed E-state index contributed by atoms with van der Waals surface area (Å²) >= 11 is 0. The van der Waals surface area contributed by atoms with E-state index in [-0.39, 0.29) is 90.8 Å². The molecule has 6 aliphatic rings. The molecule has 6 aromatic carbocycles. The fraction of sp³-hybridized carbons (Fsp3) is 0.348. The van der Waals surface area contributed by atoms with Crippen LogP contribution in [0.15, 0.2) is 256 Å². The molecule has 6 aromatic heterocycles. The second kappa shape index (κ2) is 54.3. The second-order valence-corrected chi connectivity index (χ2v) is 35.9. The minimum Gasteiger partial charge on any atom is -0.473 e. The van der Waals surface area contributed by atoms with Crippen molar-refractivity contribution in [1.82, 2.24) is 61.8 Å². The first-order chi connectivity index (χ1) is 68.2. The minimum absolute atomic E-state index is 0.0420. The van der Waals surface area contributed by atoms with Crippen LogP contribution in [0, 0.1) is 43.8 Å². The van der Waals surface area contributed by atoms with Gasteiger partial charge in [0, 0.05) is 115 Å². The topological polar surface area (TPSA) is 312 Å². The fourth-order valence-electron chi connectivity index (χ4n) is 15.9. The molecule has 0 unspecified atom stereocenters. The van der Waals surface area contributed by atoms with Crippen molar-refractivity contribution in [2.75, 3.05) is 0 Å². The molecule has 0 spiro atoms. The van der Waals surface area contributed by atoms with Gasteiger partial charge < -0.3 is 60.3 Å². The molecule has 6 N–H and O–H groups in total. The number of ether oxygens (including phenoxy) is 6. The normalized spacial score (nSPS) is 14.7. The van der Waals surface area contributed by atoms with Crippen LogP contribution in [-0.4, -0.2) is 102 Å². The van der Waals surface area contributed by atoms with Crippen molar-refractivity contribution >= 4 is 41.1 Å². The Labute approximate surface area is 816 Å². The monoisotopic (exact) mass is 1900 g/mol. The zero-order chi connectivity index (χ0) is 98.0. The molecule has 140 heavy (non-hydrogen) atoms. The molecule has 6 fully saturated rings. The van der Waals surface area contributed by atoms with Crippen LogP contribution in [0.5, 0.6) is 35.3 Å². The summed E-state index contributed by atoms with van der Waals surface area (Å²) in [6.07, 6.45) is 35.5. The van der Waals surface area contributed by atoms with Gasteiger partial charge >= 0.3 is 0 Å². The van der Waals surface area contributed by atoms with Gasteiger partial charge in [-0.05, 0) is 217 Å². The summed E-state index contributed by atoms with van der Waals surface area (Å²) in [5.41, 5.74) is 11.3. The van der Waals surface area contributed by atoms with E-state index in [4.69, 9.17) is 35.0 Å². The predicted octanol–water partition coefficient (Wildman–Crippen LogP) is 21.8. The van der Waals surface area contributed by atoms with Gasteiger partial charge in [0.05, 0.1) is 40.0 Å². The zero-order valence-corrected chi connectivity index (χ0v) is 79.5. The van der Waals surface area contributed by atoms with Gasteiger partial charge in [0.1, 0.15) is 57.1 Å². The molecule has 12 aromatic rings. The number of hydrogen-bond acceptors (Lipinski definition) is 18. The van der Waals surface area contributed by atoms with Crippen molar-refractivity contribution in [3.05, 3.63) is 362 Å². The summed E-state index contributed by atoms with van der Waals surface area (Å²) < 4.78 is 73.1. The van der Waals surface area contributed by atoms with E-state index in [2.05, 4.69) is 105 Å². The molecule has 28 heteroatoms. The highest BCUT2D eigenvalue weighted by atomic mass is 19.1. The molecular weight excluding hydrogens is 1780 g/mol. The number of nitrogens with one attached hydrogen (secondary N) is 6. The third-order valence-electron chi connectivity index (χ3n) is 24.6. The van der Waals surface area contributed by atoms with Gasteiger partial charge in [-0.15, -0.1) is 0 Å². The largest absolute Gasteiger partial charge is 0.473 e. The van der Waals surface area contributed by atoms with E-state index in [1.54, 1.807) is 146 Å². The summed E-state index contributed by atoms with van der Waals surface area (Å²) in [4.78, 5) is 101. The van der Waals surface area contributed by atoms with Crippen molar-refractivity contribution in [2.45, 2.75) is 244 Å². The highest BCUT2D eigenvalue weighted by molar-refractivity contribution is 5.97. The average Bonchev–Trinajstić information content (AvgIpc) is 1.73. The molecule has 728 valence electrons. The number of halogens is 3. The molecule has 18 rings (SSSR count). The Hall–Kier alpha value is -14.9. The summed E-state index contributed by atoms with van der Waals surface area (Å²) in [5, 5.41) is 18.2. The maximum atomic E-state index is 13.5. The number of carbonyl (C=O) groups is 6. The van der Waals surface area contributed by atoms with Crippen LogP contribution in [0.2, 0.25) is 0 Å². The number of aryl methyl sites for hydroxylation is 2. The number of amides is 6. The number of rotatable bonds is 31. The lowest BCUT2D eigenvalue weighted by molar-refractivity contribution is 0.0908. The standard InChI is InChI=1S/C20H21N3O2.C20H24N2O2.C19H21FN2O2.C18H19FN2O2.C18H20N2O2.C17H17FN2O2/c1-21-18-9-5-6-15(12-18)14-25-19-11-10-16(13-22-19)20(24)23-17-7-3-2-4-8-17;1-15-6-5-7-16(12-15)14-24-19-11-10-17(13-21-19)20(23)22-18-8-3-2-4-9-18;20-17-9-5-4-6-15(17)13-24-18-11-10-14(12-21-18)19(23)22-16-7-2-1-3-8-16;1-12(14-5-6-14)21-18(22)15-7-8-17(20-10-15)23-11-13-3-2-4-16(19)9-13;1-13-4-2-5-14(10-13)12-22-17-9-8-15(11-19-17)18(21)20-16-6-3-7-16;18-14-4-1-3-12(9-14)11-22-16-8-7-13(10-19-16)17(21)20-15-5-2-6-15/h5-6,9-13,17H,2-4,7-8,14H2,(H,23,24);5-7,10-13,18H,2-4,8-9,14H2,1H3,(H,22,23);4-6,9-12,16H,1-3,7-8,13H2,(H,22,23);2-4,7-10,12,14H,5-6,11H2,1H3,(H,21,22);2,4-5,8-11,16H,3,6-7,12H2,1H3,(H,20,21);1,3-4,7-10,15H,2,5-6,11H2,(H,20,21)/t;;;12-;;/m...1../s1. The number of nitrogens with zero attached hydrogens (tertiary/aromatic N) is 7. The molecule has 1 atom stereocenters. The van der Waals surface area contributed by atoms with E-state index in [9.17, 15) is 41.9 Å². The molecule has 6 aliphatic carbocycles. The number of carbonyl (C=O) groups excluding carboxylic acids is 6. The van der Waals surface area contributed by atoms with Crippen LogP contribution in [0.1, 0.15) is 261 Å². The number of aromatic nitrogens is 6. The lowest BCUT2D eigenvalue weighted by Crippen LogP contribution is -2.39. The first-order valence-corrected chi connectivity index (χ1v) is 48.4. The molecule has 0 saturated heterocycles. The Morgan fingerprint density at radius 1 is 0.314 bits per heavy atom. The van der Waals surface area contributed by atoms with Crippen LogP contribution in [-0.2, 0) is 39.6 Å². The maximum Gasteiger partial charge on any atom is 0.253 e. The van der Waals surface area contributed by atoms with Crippen molar-refractivity contribution in [3.8, 4) is 35.3 Å². The quantitative estimate of drug-likeness (QED) is 0.0220. The highest BCUT2D eigenvalue weighted by Crippen LogP contribution is 2.33. The number of benzene rings is 6. The molecule has 0 aliphatic heterocycles. The van der Waals surface area contributed by atoms with Crippen LogP contribution in [0.3, 0.4) is 0 Å². The van der Waals surface area contributed by atoms with E-state index in [0.717, 1.165) is 92.0 Å². The van der Waals surface area contributed by atoms with Crippen LogP contribution in [0.25, 0.3) is 4.85 Å². The summed E-state index contributed by atoms with van der Waals surface area (Å²) in [6, 6.07) is 64.7. The third kappa shape index (κ3) is 35.0. The Bertz CT molecular complexity index is 5880. The van der Waals surface area contributed by atoms with E-state index < -0.39 is 0 Å². The SMILES string of the molecule is C[C@@H](NC(=O)c1ccc(OCc2cccc(F)c2)nc1)C1CC1.Cc1cccc(COc2ccc(C(=O)NC3CCC3)cn2)c1.Cc1cccc(COc2ccc(C(=O)NC3CCCCC3)cn2)c1.O=C(NC1CCC1)c1ccc(OCc2cccc(F)c2)nc1.O=C(NC1CCCCC1)c1ccc(OCc2ccccc2F)nc1.[C-]#[N+]c1cccc(COc2ccc(C(=O)NC3CCCCC3)cn2)c1. The van der Waals surface area contributed by atoms with Gasteiger partial charge in [-0.1, -0.05) is 178 Å². The van der Waals surface area contributed by atoms with Crippen LogP contribution in [0.4, 0.5) is 18.9 Å². The van der Waals surface area contributed by atoms with Crippen molar-refractivity contribution < 1.29 is 70.4 Å². The summed E-state index contributed by atoms with van der Waals surface area (Å²) in [6.45, 7) is 15.0. The van der Waals surface area contributed by atoms with Crippen LogP contribution >= 0.6 is 0 Å². The summed E-state index contributed by atoms with van der Waals surface area (Å²) in [7, 11) is 0. The Morgan fingerprint density at radius 2 is 0.593 bits per heavy atom. The summed E-state index contributed by atoms with van der Waals surface area (Å²) in [5.74, 6) is 1.93. The minimum atomic E-state index is -0.305. The number of pyridine rings is 6. The first-order valence-electron chi connectivity index (χ1n) is 48.4. The molecule has 0 bridgehead atoms. The Balaban J connectivity index is 0.000000142. The van der Waals surface area contributed by atoms with Gasteiger partial charge in [-0.3, -0.25) is 28.8 Å². The lowest BCUT2D eigenvalue weighted by atomic mass is 9.93. The Morgan fingerprint density at radius 3 is 0.864 bits per heavy atom. The molecule has 0 radical (unpaired) electrons. The van der Waals surface area contributed by atoms with E-state index in [0.29, 0.717) is 124 Å². The Kier molecular flexibility index (Phi) is 39.8. The highest BCUT2D eigenvalue weighted by Gasteiger charge is 2.30. The first kappa shape index (κ1) is 103. The smallest absolute Gasteiger partial charge is 0.253 e.